The Morgan fingerprint density at radius 3 is 2.38 bits per heavy atom. The molecule has 0 unspecified atom stereocenters. The summed E-state index contributed by atoms with van der Waals surface area (Å²) in [4.78, 5) is 12.5. The minimum atomic E-state index is -3.58. The summed E-state index contributed by atoms with van der Waals surface area (Å²) in [6.45, 7) is 5.96. The van der Waals surface area contributed by atoms with Crippen LogP contribution in [-0.4, -0.2) is 21.4 Å². The molecule has 1 atom stereocenters. The van der Waals surface area contributed by atoms with Crippen LogP contribution in [0.25, 0.3) is 0 Å². The van der Waals surface area contributed by atoms with E-state index in [1.165, 1.54) is 24.7 Å². The molecule has 2 aromatic carbocycles. The zero-order valence-corrected chi connectivity index (χ0v) is 15.1. The van der Waals surface area contributed by atoms with E-state index in [-0.39, 0.29) is 16.8 Å². The molecule has 24 heavy (non-hydrogen) atoms. The van der Waals surface area contributed by atoms with Crippen molar-refractivity contribution in [3.05, 3.63) is 64.7 Å². The van der Waals surface area contributed by atoms with Crippen LogP contribution in [0.2, 0.25) is 0 Å². The molecule has 2 rings (SSSR count). The summed E-state index contributed by atoms with van der Waals surface area (Å²) in [5, 5.41) is 2.90. The van der Waals surface area contributed by atoms with Crippen molar-refractivity contribution in [1.82, 2.24) is 10.0 Å². The fourth-order valence-electron chi connectivity index (χ4n) is 2.32. The smallest absolute Gasteiger partial charge is 0.251 e. The molecule has 0 saturated heterocycles. The second-order valence-electron chi connectivity index (χ2n) is 5.77. The highest BCUT2D eigenvalue weighted by Crippen LogP contribution is 2.18. The van der Waals surface area contributed by atoms with Crippen molar-refractivity contribution in [2.45, 2.75) is 31.7 Å². The Bertz CT molecular complexity index is 860. The highest BCUT2D eigenvalue weighted by Gasteiger charge is 2.16. The van der Waals surface area contributed by atoms with Crippen LogP contribution < -0.4 is 10.0 Å². The third kappa shape index (κ3) is 4.01. The van der Waals surface area contributed by atoms with Crippen LogP contribution in [-0.2, 0) is 10.0 Å². The zero-order valence-electron chi connectivity index (χ0n) is 14.3. The second kappa shape index (κ2) is 7.15. The van der Waals surface area contributed by atoms with E-state index < -0.39 is 10.0 Å². The number of carbonyl (C=O) groups excluding carboxylic acids is 1. The van der Waals surface area contributed by atoms with Gasteiger partial charge in [0.25, 0.3) is 5.91 Å². The number of sulfonamides is 1. The van der Waals surface area contributed by atoms with Crippen molar-refractivity contribution < 1.29 is 13.2 Å². The molecule has 128 valence electrons. The van der Waals surface area contributed by atoms with E-state index in [9.17, 15) is 13.2 Å². The molecule has 0 radical (unpaired) electrons. The van der Waals surface area contributed by atoms with Gasteiger partial charge >= 0.3 is 0 Å². The summed E-state index contributed by atoms with van der Waals surface area (Å²) in [6.07, 6.45) is 0. The molecule has 2 aromatic rings. The Morgan fingerprint density at radius 1 is 1.04 bits per heavy atom. The lowest BCUT2D eigenvalue weighted by molar-refractivity contribution is 0.0939. The summed E-state index contributed by atoms with van der Waals surface area (Å²) in [5.41, 5.74) is 3.67. The van der Waals surface area contributed by atoms with Gasteiger partial charge in [-0.15, -0.1) is 0 Å². The maximum atomic E-state index is 12.4. The number of aryl methyl sites for hydroxylation is 2. The molecule has 1 amide bonds. The van der Waals surface area contributed by atoms with Crippen LogP contribution in [0.3, 0.4) is 0 Å². The number of benzene rings is 2. The van der Waals surface area contributed by atoms with Gasteiger partial charge in [0.2, 0.25) is 10.0 Å². The summed E-state index contributed by atoms with van der Waals surface area (Å²) >= 11 is 0. The lowest BCUT2D eigenvalue weighted by Gasteiger charge is -2.16. The van der Waals surface area contributed by atoms with Gasteiger partial charge in [-0.05, 0) is 62.7 Å². The summed E-state index contributed by atoms with van der Waals surface area (Å²) in [6, 6.07) is 11.8. The van der Waals surface area contributed by atoms with Gasteiger partial charge in [0.15, 0.2) is 0 Å². The van der Waals surface area contributed by atoms with Crippen molar-refractivity contribution >= 4 is 15.9 Å². The Kier molecular flexibility index (Phi) is 5.41. The number of rotatable bonds is 5. The Labute approximate surface area is 143 Å². The van der Waals surface area contributed by atoms with Crippen LogP contribution in [0, 0.1) is 13.8 Å². The van der Waals surface area contributed by atoms with Crippen molar-refractivity contribution in [3.63, 3.8) is 0 Å². The number of nitrogens with one attached hydrogen (secondary N) is 2. The van der Waals surface area contributed by atoms with Gasteiger partial charge in [0.1, 0.15) is 0 Å². The fourth-order valence-corrected chi connectivity index (χ4v) is 3.10. The molecular weight excluding hydrogens is 324 g/mol. The second-order valence-corrected chi connectivity index (χ2v) is 7.66. The standard InChI is InChI=1S/C18H22N2O3S/c1-12-8-9-15(10-13(12)2)14(3)20-18(21)16-6-5-7-17(11-16)24(22,23)19-4/h5-11,14,19H,1-4H3,(H,20,21)/t14-/m0/s1. The summed E-state index contributed by atoms with van der Waals surface area (Å²) in [7, 11) is -2.24. The minimum absolute atomic E-state index is 0.0662. The zero-order chi connectivity index (χ0) is 17.9. The average Bonchev–Trinajstić information content (AvgIpc) is 2.57. The number of carbonyl (C=O) groups is 1. The topological polar surface area (TPSA) is 75.3 Å². The van der Waals surface area contributed by atoms with Crippen molar-refractivity contribution in [3.8, 4) is 0 Å². The van der Waals surface area contributed by atoms with Crippen molar-refractivity contribution in [2.75, 3.05) is 7.05 Å². The molecule has 0 bridgehead atoms. The molecule has 0 aliphatic heterocycles. The van der Waals surface area contributed by atoms with Gasteiger partial charge in [-0.25, -0.2) is 13.1 Å². The molecule has 0 saturated carbocycles. The third-order valence-electron chi connectivity index (χ3n) is 4.05. The predicted octanol–water partition coefficient (Wildman–Crippen LogP) is 2.70. The van der Waals surface area contributed by atoms with Gasteiger partial charge < -0.3 is 5.32 Å². The lowest BCUT2D eigenvalue weighted by atomic mass is 10.0. The number of hydrogen-bond acceptors (Lipinski definition) is 3. The van der Waals surface area contributed by atoms with Crippen LogP contribution in [0.15, 0.2) is 47.4 Å². The highest BCUT2D eigenvalue weighted by molar-refractivity contribution is 7.89. The Morgan fingerprint density at radius 2 is 1.75 bits per heavy atom. The minimum Gasteiger partial charge on any atom is -0.346 e. The Balaban J connectivity index is 2.20. The molecule has 6 heteroatoms. The highest BCUT2D eigenvalue weighted by atomic mass is 32.2. The molecule has 0 fully saturated rings. The summed E-state index contributed by atoms with van der Waals surface area (Å²) in [5.74, 6) is -0.311. The first kappa shape index (κ1) is 18.2. The molecule has 0 aliphatic rings. The van der Waals surface area contributed by atoms with E-state index in [1.54, 1.807) is 12.1 Å². The molecular formula is C18H22N2O3S. The van der Waals surface area contributed by atoms with E-state index in [0.29, 0.717) is 5.56 Å². The first-order valence-corrected chi connectivity index (χ1v) is 9.14. The van der Waals surface area contributed by atoms with Gasteiger partial charge in [0.05, 0.1) is 10.9 Å². The molecule has 0 spiro atoms. The van der Waals surface area contributed by atoms with Crippen LogP contribution in [0.4, 0.5) is 0 Å². The lowest BCUT2D eigenvalue weighted by Crippen LogP contribution is -2.27. The molecule has 5 nitrogen and oxygen atoms in total. The van der Waals surface area contributed by atoms with Gasteiger partial charge in [-0.1, -0.05) is 24.3 Å². The Hall–Kier alpha value is -2.18. The largest absolute Gasteiger partial charge is 0.346 e. The van der Waals surface area contributed by atoms with Gasteiger partial charge in [0, 0.05) is 5.56 Å². The van der Waals surface area contributed by atoms with Gasteiger partial charge in [-0.2, -0.15) is 0 Å². The first-order valence-electron chi connectivity index (χ1n) is 7.66. The van der Waals surface area contributed by atoms with Crippen LogP contribution in [0.1, 0.15) is 40.0 Å². The monoisotopic (exact) mass is 346 g/mol. The normalized spacial score (nSPS) is 12.7. The molecule has 0 aliphatic carbocycles. The SMILES string of the molecule is CNS(=O)(=O)c1cccc(C(=O)N[C@@H](C)c2ccc(C)c(C)c2)c1. The van der Waals surface area contributed by atoms with E-state index >= 15 is 0 Å². The maximum absolute atomic E-state index is 12.4. The number of hydrogen-bond donors (Lipinski definition) is 2. The summed E-state index contributed by atoms with van der Waals surface area (Å²) < 4.78 is 25.9. The average molecular weight is 346 g/mol. The van der Waals surface area contributed by atoms with Crippen molar-refractivity contribution in [1.29, 1.82) is 0 Å². The van der Waals surface area contributed by atoms with Gasteiger partial charge in [-0.3, -0.25) is 4.79 Å². The van der Waals surface area contributed by atoms with Crippen LogP contribution in [0.5, 0.6) is 0 Å². The van der Waals surface area contributed by atoms with Crippen molar-refractivity contribution in [2.24, 2.45) is 0 Å². The third-order valence-corrected chi connectivity index (χ3v) is 5.47. The molecule has 2 N–H and O–H groups in total. The van der Waals surface area contributed by atoms with E-state index in [0.717, 1.165) is 11.1 Å². The quantitative estimate of drug-likeness (QED) is 0.874. The van der Waals surface area contributed by atoms with E-state index in [4.69, 9.17) is 0 Å². The fraction of sp³-hybridized carbons (Fsp3) is 0.278. The van der Waals surface area contributed by atoms with E-state index in [1.807, 2.05) is 39.0 Å². The first-order chi connectivity index (χ1) is 11.2. The number of amides is 1. The maximum Gasteiger partial charge on any atom is 0.251 e. The predicted molar refractivity (Wildman–Crippen MR) is 94.5 cm³/mol. The van der Waals surface area contributed by atoms with Crippen LogP contribution >= 0.6 is 0 Å². The molecule has 0 aromatic heterocycles. The molecule has 0 heterocycles. The van der Waals surface area contributed by atoms with E-state index in [2.05, 4.69) is 10.0 Å².